The highest BCUT2D eigenvalue weighted by Crippen LogP contribution is 2.34. The fraction of sp³-hybridized carbons (Fsp3) is 0.100. The van der Waals surface area contributed by atoms with E-state index in [1.165, 1.54) is 0 Å². The van der Waals surface area contributed by atoms with Gasteiger partial charge in [-0.1, -0.05) is 50.1 Å². The summed E-state index contributed by atoms with van der Waals surface area (Å²) in [6.45, 7) is 4.04. The predicted octanol–water partition coefficient (Wildman–Crippen LogP) is 7.41. The van der Waals surface area contributed by atoms with Crippen molar-refractivity contribution in [1.82, 2.24) is 0 Å². The fourth-order valence-corrected chi connectivity index (χ4v) is 2.95. The van der Waals surface area contributed by atoms with Gasteiger partial charge in [0, 0.05) is 26.1 Å². The summed E-state index contributed by atoms with van der Waals surface area (Å²) in [7, 11) is 0. The molecule has 3 aromatic rings. The first-order chi connectivity index (χ1) is 11.5. The monoisotopic (exact) mass is 446 g/mol. The molecule has 4 heteroatoms. The molecule has 24 heavy (non-hydrogen) atoms. The lowest BCUT2D eigenvalue weighted by Crippen LogP contribution is -1.91. The van der Waals surface area contributed by atoms with E-state index in [9.17, 15) is 0 Å². The lowest BCUT2D eigenvalue weighted by molar-refractivity contribution is 0.456. The van der Waals surface area contributed by atoms with Gasteiger partial charge in [0.1, 0.15) is 23.0 Å². The van der Waals surface area contributed by atoms with E-state index < -0.39 is 0 Å². The Morgan fingerprint density at radius 2 is 1.04 bits per heavy atom. The third-order valence-corrected chi connectivity index (χ3v) is 5.42. The van der Waals surface area contributed by atoms with E-state index in [1.807, 2.05) is 74.5 Å². The average Bonchev–Trinajstić information content (AvgIpc) is 2.57. The smallest absolute Gasteiger partial charge is 0.131 e. The number of hydrogen-bond donors (Lipinski definition) is 0. The van der Waals surface area contributed by atoms with Crippen LogP contribution in [0.5, 0.6) is 23.0 Å². The Bertz CT molecular complexity index is 807. The molecule has 0 unspecified atom stereocenters. The SMILES string of the molecule is Cc1c(Br)cccc1Oc1cccc(Oc2cccc(Br)c2C)c1. The summed E-state index contributed by atoms with van der Waals surface area (Å²) in [6.07, 6.45) is 0. The highest BCUT2D eigenvalue weighted by molar-refractivity contribution is 9.10. The van der Waals surface area contributed by atoms with Crippen molar-refractivity contribution in [2.24, 2.45) is 0 Å². The fourth-order valence-electron chi connectivity index (χ4n) is 2.25. The maximum absolute atomic E-state index is 6.00. The van der Waals surface area contributed by atoms with Crippen molar-refractivity contribution >= 4 is 31.9 Å². The molecular formula is C20H16Br2O2. The minimum atomic E-state index is 0.737. The molecule has 0 saturated heterocycles. The second-order valence-corrected chi connectivity index (χ2v) is 7.11. The number of benzene rings is 3. The molecule has 0 saturated carbocycles. The van der Waals surface area contributed by atoms with Crippen LogP contribution in [0.25, 0.3) is 0 Å². The molecule has 0 radical (unpaired) electrons. The molecular weight excluding hydrogens is 432 g/mol. The Kier molecular flexibility index (Phi) is 5.27. The summed E-state index contributed by atoms with van der Waals surface area (Å²) < 4.78 is 14.1. The van der Waals surface area contributed by atoms with E-state index in [1.54, 1.807) is 0 Å². The van der Waals surface area contributed by atoms with E-state index in [4.69, 9.17) is 9.47 Å². The maximum atomic E-state index is 6.00. The van der Waals surface area contributed by atoms with Gasteiger partial charge in [0.15, 0.2) is 0 Å². The summed E-state index contributed by atoms with van der Waals surface area (Å²) >= 11 is 7.05. The summed E-state index contributed by atoms with van der Waals surface area (Å²) in [5, 5.41) is 0. The molecule has 3 rings (SSSR count). The zero-order valence-electron chi connectivity index (χ0n) is 13.3. The van der Waals surface area contributed by atoms with E-state index in [0.717, 1.165) is 43.1 Å². The van der Waals surface area contributed by atoms with E-state index in [-0.39, 0.29) is 0 Å². The van der Waals surface area contributed by atoms with E-state index in [2.05, 4.69) is 31.9 Å². The Morgan fingerprint density at radius 1 is 0.625 bits per heavy atom. The zero-order chi connectivity index (χ0) is 17.1. The summed E-state index contributed by atoms with van der Waals surface area (Å²) in [5.74, 6) is 3.11. The van der Waals surface area contributed by atoms with Crippen LogP contribution in [-0.4, -0.2) is 0 Å². The van der Waals surface area contributed by atoms with Crippen LogP contribution in [0.4, 0.5) is 0 Å². The van der Waals surface area contributed by atoms with Crippen LogP contribution >= 0.6 is 31.9 Å². The van der Waals surface area contributed by atoms with Crippen LogP contribution in [-0.2, 0) is 0 Å². The van der Waals surface area contributed by atoms with Crippen LogP contribution in [0.1, 0.15) is 11.1 Å². The first kappa shape index (κ1) is 17.1. The van der Waals surface area contributed by atoms with Crippen LogP contribution in [0.15, 0.2) is 69.6 Å². The molecule has 0 heterocycles. The average molecular weight is 448 g/mol. The number of hydrogen-bond acceptors (Lipinski definition) is 2. The number of halogens is 2. The third kappa shape index (κ3) is 3.82. The van der Waals surface area contributed by atoms with Crippen molar-refractivity contribution in [3.05, 3.63) is 80.7 Å². The van der Waals surface area contributed by atoms with Gasteiger partial charge in [0.25, 0.3) is 0 Å². The quantitative estimate of drug-likeness (QED) is 0.414. The highest BCUT2D eigenvalue weighted by Gasteiger charge is 2.07. The molecule has 0 fully saturated rings. The summed E-state index contributed by atoms with van der Waals surface area (Å²) in [5.41, 5.74) is 2.12. The second kappa shape index (κ2) is 7.41. The minimum Gasteiger partial charge on any atom is -0.457 e. The second-order valence-electron chi connectivity index (χ2n) is 5.40. The molecule has 0 bridgehead atoms. The van der Waals surface area contributed by atoms with Gasteiger partial charge in [-0.05, 0) is 50.2 Å². The third-order valence-electron chi connectivity index (χ3n) is 3.70. The summed E-state index contributed by atoms with van der Waals surface area (Å²) in [6, 6.07) is 19.5. The Balaban J connectivity index is 1.84. The molecule has 0 aromatic heterocycles. The molecule has 0 aliphatic heterocycles. The lowest BCUT2D eigenvalue weighted by atomic mass is 10.2. The topological polar surface area (TPSA) is 18.5 Å². The van der Waals surface area contributed by atoms with Gasteiger partial charge >= 0.3 is 0 Å². The molecule has 0 N–H and O–H groups in total. The molecule has 2 nitrogen and oxygen atoms in total. The molecule has 122 valence electrons. The normalized spacial score (nSPS) is 10.5. The molecule has 0 spiro atoms. The van der Waals surface area contributed by atoms with Crippen molar-refractivity contribution in [3.8, 4) is 23.0 Å². The standard InChI is InChI=1S/C20H16Br2O2/c1-13-17(21)8-4-10-19(13)23-15-6-3-7-16(12-15)24-20-11-5-9-18(22)14(20)2/h3-12H,1-2H3. The number of ether oxygens (including phenoxy) is 2. The van der Waals surface area contributed by atoms with Gasteiger partial charge in [0.2, 0.25) is 0 Å². The van der Waals surface area contributed by atoms with Crippen molar-refractivity contribution in [3.63, 3.8) is 0 Å². The van der Waals surface area contributed by atoms with Gasteiger partial charge in [0.05, 0.1) is 0 Å². The highest BCUT2D eigenvalue weighted by atomic mass is 79.9. The van der Waals surface area contributed by atoms with Crippen LogP contribution < -0.4 is 9.47 Å². The zero-order valence-corrected chi connectivity index (χ0v) is 16.5. The van der Waals surface area contributed by atoms with Crippen molar-refractivity contribution in [2.45, 2.75) is 13.8 Å². The summed E-state index contributed by atoms with van der Waals surface area (Å²) in [4.78, 5) is 0. The van der Waals surface area contributed by atoms with Gasteiger partial charge < -0.3 is 9.47 Å². The minimum absolute atomic E-state index is 0.737. The number of rotatable bonds is 4. The van der Waals surface area contributed by atoms with Gasteiger partial charge in [-0.3, -0.25) is 0 Å². The molecule has 0 aliphatic rings. The van der Waals surface area contributed by atoms with Crippen molar-refractivity contribution in [2.75, 3.05) is 0 Å². The van der Waals surface area contributed by atoms with Crippen molar-refractivity contribution < 1.29 is 9.47 Å². The Hall–Kier alpha value is -1.78. The Morgan fingerprint density at radius 3 is 1.50 bits per heavy atom. The van der Waals surface area contributed by atoms with Crippen LogP contribution in [0.2, 0.25) is 0 Å². The molecule has 0 amide bonds. The van der Waals surface area contributed by atoms with Crippen LogP contribution in [0.3, 0.4) is 0 Å². The first-order valence-electron chi connectivity index (χ1n) is 7.50. The predicted molar refractivity (Wildman–Crippen MR) is 104 cm³/mol. The molecule has 3 aromatic carbocycles. The van der Waals surface area contributed by atoms with E-state index in [0.29, 0.717) is 0 Å². The Labute approximate surface area is 158 Å². The maximum Gasteiger partial charge on any atom is 0.131 e. The lowest BCUT2D eigenvalue weighted by Gasteiger charge is -2.13. The van der Waals surface area contributed by atoms with Crippen LogP contribution in [0, 0.1) is 13.8 Å². The van der Waals surface area contributed by atoms with Gasteiger partial charge in [-0.25, -0.2) is 0 Å². The molecule has 0 aliphatic carbocycles. The largest absolute Gasteiger partial charge is 0.457 e. The van der Waals surface area contributed by atoms with Gasteiger partial charge in [-0.15, -0.1) is 0 Å². The molecule has 0 atom stereocenters. The van der Waals surface area contributed by atoms with E-state index >= 15 is 0 Å². The first-order valence-corrected chi connectivity index (χ1v) is 9.09. The van der Waals surface area contributed by atoms with Gasteiger partial charge in [-0.2, -0.15) is 0 Å². The van der Waals surface area contributed by atoms with Crippen molar-refractivity contribution in [1.29, 1.82) is 0 Å².